The maximum atomic E-state index is 12.1. The Morgan fingerprint density at radius 2 is 1.75 bits per heavy atom. The summed E-state index contributed by atoms with van der Waals surface area (Å²) in [4.78, 5) is 35.3. The minimum atomic E-state index is -0.970. The van der Waals surface area contributed by atoms with E-state index in [1.807, 2.05) is 0 Å². The highest BCUT2D eigenvalue weighted by molar-refractivity contribution is 5.98. The Kier molecular flexibility index (Phi) is 6.43. The number of hydrogen-bond acceptors (Lipinski definition) is 7. The molecular weight excluding hydrogens is 368 g/mol. The molecule has 0 saturated carbocycles. The van der Waals surface area contributed by atoms with E-state index < -0.39 is 30.0 Å². The minimum absolute atomic E-state index is 0.263. The second-order valence-corrected chi connectivity index (χ2v) is 5.85. The normalized spacial score (nSPS) is 10.1. The Hall–Kier alpha value is -3.75. The fraction of sp³-hybridized carbons (Fsp3) is 0.211. The number of amides is 2. The van der Waals surface area contributed by atoms with Gasteiger partial charge in [0.2, 0.25) is 5.91 Å². The molecule has 9 nitrogen and oxygen atoms in total. The third kappa shape index (κ3) is 4.91. The van der Waals surface area contributed by atoms with Crippen molar-refractivity contribution in [1.29, 1.82) is 0 Å². The zero-order chi connectivity index (χ0) is 20.8. The Morgan fingerprint density at radius 3 is 2.39 bits per heavy atom. The van der Waals surface area contributed by atoms with Crippen LogP contribution in [0.2, 0.25) is 0 Å². The summed E-state index contributed by atoms with van der Waals surface area (Å²) in [6, 6.07) is 7.36. The molecule has 0 aliphatic carbocycles. The summed E-state index contributed by atoms with van der Waals surface area (Å²) in [6.07, 6.45) is 0. The fourth-order valence-electron chi connectivity index (χ4n) is 2.33. The first kappa shape index (κ1) is 20.6. The average molecular weight is 388 g/mol. The van der Waals surface area contributed by atoms with E-state index in [0.717, 1.165) is 0 Å². The Labute approximate surface area is 160 Å². The van der Waals surface area contributed by atoms with Gasteiger partial charge in [0.25, 0.3) is 5.91 Å². The predicted molar refractivity (Wildman–Crippen MR) is 101 cm³/mol. The van der Waals surface area contributed by atoms with Crippen LogP contribution in [0.3, 0.4) is 0 Å². The van der Waals surface area contributed by atoms with Gasteiger partial charge >= 0.3 is 5.97 Å². The molecule has 0 fully saturated rings. The second kappa shape index (κ2) is 8.76. The van der Waals surface area contributed by atoms with Gasteiger partial charge in [-0.05, 0) is 36.8 Å². The molecule has 0 bridgehead atoms. The SMILES string of the molecule is COc1ccc(NC(C)=O)cc1NC(=O)COC(=O)c1ccc(C)c(O)c1O. The Morgan fingerprint density at radius 1 is 1.04 bits per heavy atom. The number of benzene rings is 2. The van der Waals surface area contributed by atoms with Crippen molar-refractivity contribution in [2.75, 3.05) is 24.4 Å². The van der Waals surface area contributed by atoms with E-state index in [9.17, 15) is 24.6 Å². The molecule has 0 saturated heterocycles. The van der Waals surface area contributed by atoms with Gasteiger partial charge in [-0.25, -0.2) is 4.79 Å². The third-order valence-corrected chi connectivity index (χ3v) is 3.70. The molecule has 0 unspecified atom stereocenters. The molecule has 0 aliphatic rings. The summed E-state index contributed by atoms with van der Waals surface area (Å²) < 4.78 is 10.0. The highest BCUT2D eigenvalue weighted by Crippen LogP contribution is 2.32. The minimum Gasteiger partial charge on any atom is -0.504 e. The van der Waals surface area contributed by atoms with Crippen molar-refractivity contribution in [1.82, 2.24) is 0 Å². The topological polar surface area (TPSA) is 134 Å². The molecule has 4 N–H and O–H groups in total. The number of aromatic hydroxyl groups is 2. The molecule has 2 aromatic rings. The molecule has 0 radical (unpaired) electrons. The first-order valence-corrected chi connectivity index (χ1v) is 8.17. The van der Waals surface area contributed by atoms with Crippen LogP contribution in [0.25, 0.3) is 0 Å². The first-order valence-electron chi connectivity index (χ1n) is 8.17. The van der Waals surface area contributed by atoms with Crippen molar-refractivity contribution in [2.24, 2.45) is 0 Å². The van der Waals surface area contributed by atoms with Crippen molar-refractivity contribution in [3.8, 4) is 17.2 Å². The fourth-order valence-corrected chi connectivity index (χ4v) is 2.33. The summed E-state index contributed by atoms with van der Waals surface area (Å²) in [5.74, 6) is -2.62. The van der Waals surface area contributed by atoms with Crippen LogP contribution in [0.15, 0.2) is 30.3 Å². The van der Waals surface area contributed by atoms with Gasteiger partial charge in [-0.1, -0.05) is 6.07 Å². The summed E-state index contributed by atoms with van der Waals surface area (Å²) >= 11 is 0. The van der Waals surface area contributed by atoms with E-state index in [4.69, 9.17) is 9.47 Å². The summed E-state index contributed by atoms with van der Waals surface area (Å²) in [5, 5.41) is 24.6. The van der Waals surface area contributed by atoms with Crippen molar-refractivity contribution < 1.29 is 34.1 Å². The number of aryl methyl sites for hydroxylation is 1. The number of hydrogen-bond donors (Lipinski definition) is 4. The number of methoxy groups -OCH3 is 1. The number of nitrogens with one attached hydrogen (secondary N) is 2. The number of ether oxygens (including phenoxy) is 2. The lowest BCUT2D eigenvalue weighted by atomic mass is 10.1. The molecule has 2 amide bonds. The van der Waals surface area contributed by atoms with E-state index in [1.54, 1.807) is 19.1 Å². The molecule has 0 heterocycles. The van der Waals surface area contributed by atoms with Crippen LogP contribution in [-0.2, 0) is 14.3 Å². The maximum absolute atomic E-state index is 12.1. The number of carbonyl (C=O) groups is 3. The van der Waals surface area contributed by atoms with Crippen LogP contribution in [0, 0.1) is 6.92 Å². The van der Waals surface area contributed by atoms with Gasteiger partial charge < -0.3 is 30.3 Å². The molecule has 148 valence electrons. The molecule has 0 atom stereocenters. The number of carbonyl (C=O) groups excluding carboxylic acids is 3. The highest BCUT2D eigenvalue weighted by atomic mass is 16.5. The average Bonchev–Trinajstić information content (AvgIpc) is 2.64. The van der Waals surface area contributed by atoms with Crippen LogP contribution in [0.4, 0.5) is 11.4 Å². The highest BCUT2D eigenvalue weighted by Gasteiger charge is 2.19. The van der Waals surface area contributed by atoms with Gasteiger partial charge in [0.05, 0.1) is 12.8 Å². The number of rotatable bonds is 6. The second-order valence-electron chi connectivity index (χ2n) is 5.85. The molecule has 0 spiro atoms. The summed E-state index contributed by atoms with van der Waals surface area (Å²) in [7, 11) is 1.41. The Bertz CT molecular complexity index is 925. The largest absolute Gasteiger partial charge is 0.504 e. The Balaban J connectivity index is 2.05. The molecule has 0 aliphatic heterocycles. The quantitative estimate of drug-likeness (QED) is 0.440. The zero-order valence-electron chi connectivity index (χ0n) is 15.5. The molecule has 2 aromatic carbocycles. The third-order valence-electron chi connectivity index (χ3n) is 3.70. The van der Waals surface area contributed by atoms with Crippen LogP contribution in [0.1, 0.15) is 22.8 Å². The predicted octanol–water partition coefficient (Wildman–Crippen LogP) is 2.17. The molecule has 0 aromatic heterocycles. The number of phenols is 2. The van der Waals surface area contributed by atoms with Crippen molar-refractivity contribution >= 4 is 29.2 Å². The smallest absolute Gasteiger partial charge is 0.342 e. The van der Waals surface area contributed by atoms with Gasteiger partial charge in [0.1, 0.15) is 11.3 Å². The standard InChI is InChI=1S/C19H20N2O7/c1-10-4-6-13(18(25)17(10)24)19(26)28-9-16(23)21-14-8-12(20-11(2)22)5-7-15(14)27-3/h4-8,24-25H,9H2,1-3H3,(H,20,22)(H,21,23). The molecular formula is C19H20N2O7. The lowest BCUT2D eigenvalue weighted by Crippen LogP contribution is -2.21. The lowest BCUT2D eigenvalue weighted by molar-refractivity contribution is -0.119. The van der Waals surface area contributed by atoms with E-state index in [1.165, 1.54) is 32.2 Å². The van der Waals surface area contributed by atoms with Crippen LogP contribution >= 0.6 is 0 Å². The van der Waals surface area contributed by atoms with Crippen molar-refractivity contribution in [3.63, 3.8) is 0 Å². The van der Waals surface area contributed by atoms with Gasteiger partial charge in [0, 0.05) is 12.6 Å². The van der Waals surface area contributed by atoms with Crippen LogP contribution in [-0.4, -0.2) is 41.7 Å². The summed E-state index contributed by atoms with van der Waals surface area (Å²) in [5.41, 5.74) is 0.838. The molecule has 2 rings (SSSR count). The molecule has 28 heavy (non-hydrogen) atoms. The van der Waals surface area contributed by atoms with Gasteiger partial charge in [-0.3, -0.25) is 9.59 Å². The number of phenolic OH excluding ortho intramolecular Hbond substituents is 2. The van der Waals surface area contributed by atoms with Gasteiger partial charge in [-0.15, -0.1) is 0 Å². The monoisotopic (exact) mass is 388 g/mol. The van der Waals surface area contributed by atoms with Gasteiger partial charge in [-0.2, -0.15) is 0 Å². The first-order chi connectivity index (χ1) is 13.2. The van der Waals surface area contributed by atoms with Crippen molar-refractivity contribution in [3.05, 3.63) is 41.5 Å². The molecule has 9 heteroatoms. The van der Waals surface area contributed by atoms with E-state index in [-0.39, 0.29) is 17.2 Å². The number of anilines is 2. The van der Waals surface area contributed by atoms with Crippen LogP contribution in [0.5, 0.6) is 17.2 Å². The van der Waals surface area contributed by atoms with E-state index in [0.29, 0.717) is 17.0 Å². The van der Waals surface area contributed by atoms with E-state index in [2.05, 4.69) is 10.6 Å². The maximum Gasteiger partial charge on any atom is 0.342 e. The van der Waals surface area contributed by atoms with Crippen LogP contribution < -0.4 is 15.4 Å². The zero-order valence-corrected chi connectivity index (χ0v) is 15.5. The van der Waals surface area contributed by atoms with Gasteiger partial charge in [0.15, 0.2) is 18.1 Å². The van der Waals surface area contributed by atoms with E-state index >= 15 is 0 Å². The number of esters is 1. The van der Waals surface area contributed by atoms with Crippen molar-refractivity contribution in [2.45, 2.75) is 13.8 Å². The summed E-state index contributed by atoms with van der Waals surface area (Å²) in [6.45, 7) is 2.26. The lowest BCUT2D eigenvalue weighted by Gasteiger charge is -2.13.